The predicted molar refractivity (Wildman–Crippen MR) is 90.3 cm³/mol. The minimum Gasteiger partial charge on any atom is -0.339 e. The van der Waals surface area contributed by atoms with Crippen LogP contribution in [0.15, 0.2) is 38.6 Å². The van der Waals surface area contributed by atoms with Crippen LogP contribution in [-0.2, 0) is 4.79 Å². The highest BCUT2D eigenvalue weighted by Gasteiger charge is 2.28. The van der Waals surface area contributed by atoms with E-state index in [1.165, 1.54) is 16.7 Å². The number of carbonyl (C=O) groups is 1. The van der Waals surface area contributed by atoms with E-state index >= 15 is 0 Å². The minimum atomic E-state index is -0.128. The largest absolute Gasteiger partial charge is 0.339 e. The fourth-order valence-corrected chi connectivity index (χ4v) is 3.70. The van der Waals surface area contributed by atoms with Crippen molar-refractivity contribution in [1.29, 1.82) is 0 Å². The Bertz CT molecular complexity index is 621. The lowest BCUT2D eigenvalue weighted by atomic mass is 10.2. The molecule has 0 aromatic heterocycles. The van der Waals surface area contributed by atoms with Gasteiger partial charge in [-0.3, -0.25) is 4.79 Å². The second-order valence-electron chi connectivity index (χ2n) is 5.28. The van der Waals surface area contributed by atoms with Gasteiger partial charge >= 0.3 is 0 Å². The number of aliphatic imine (C=N–C) groups is 1. The van der Waals surface area contributed by atoms with Gasteiger partial charge in [0.15, 0.2) is 5.17 Å². The Morgan fingerprint density at radius 2 is 2.05 bits per heavy atom. The number of amidine groups is 1. The highest BCUT2D eigenvalue weighted by atomic mass is 79.9. The number of amides is 1. The summed E-state index contributed by atoms with van der Waals surface area (Å²) >= 11 is 4.99. The standard InChI is InChI=1S/C15H16BrN3OS/c1-18-6-8-19(9-7-18)15-17-14(20)13(21-15)10-11-4-2-3-5-12(11)16/h2-5,10H,6-9H2,1H3/p+1/b13-10-. The normalized spacial score (nSPS) is 22.0. The van der Waals surface area contributed by atoms with E-state index in [1.54, 1.807) is 0 Å². The summed E-state index contributed by atoms with van der Waals surface area (Å²) in [5.74, 6) is -0.128. The van der Waals surface area contributed by atoms with E-state index in [2.05, 4.69) is 32.9 Å². The quantitative estimate of drug-likeness (QED) is 0.760. The zero-order chi connectivity index (χ0) is 14.8. The third kappa shape index (κ3) is 3.39. The maximum atomic E-state index is 12.1. The van der Waals surface area contributed by atoms with E-state index in [0.29, 0.717) is 4.91 Å². The van der Waals surface area contributed by atoms with Crippen LogP contribution >= 0.6 is 27.7 Å². The van der Waals surface area contributed by atoms with Crippen LogP contribution in [0, 0.1) is 0 Å². The van der Waals surface area contributed by atoms with Crippen molar-refractivity contribution in [3.05, 3.63) is 39.2 Å². The third-order valence-corrected chi connectivity index (χ3v) is 5.46. The first-order valence-corrected chi connectivity index (χ1v) is 8.58. The molecule has 1 saturated heterocycles. The molecule has 0 bridgehead atoms. The average Bonchev–Trinajstić information content (AvgIpc) is 2.83. The predicted octanol–water partition coefficient (Wildman–Crippen LogP) is 1.25. The first kappa shape index (κ1) is 14.8. The number of piperazine rings is 1. The van der Waals surface area contributed by atoms with Crippen molar-refractivity contribution >= 4 is 44.8 Å². The number of thioether (sulfide) groups is 1. The number of likely N-dealkylation sites (N-methyl/N-ethyl adjacent to an activating group) is 1. The van der Waals surface area contributed by atoms with Crippen LogP contribution in [0.25, 0.3) is 6.08 Å². The minimum absolute atomic E-state index is 0.128. The van der Waals surface area contributed by atoms with Gasteiger partial charge in [0.2, 0.25) is 0 Å². The summed E-state index contributed by atoms with van der Waals surface area (Å²) in [6.45, 7) is 4.12. The molecule has 3 rings (SSSR count). The van der Waals surface area contributed by atoms with Crippen molar-refractivity contribution in [3.63, 3.8) is 0 Å². The van der Waals surface area contributed by atoms with E-state index in [9.17, 15) is 4.79 Å². The van der Waals surface area contributed by atoms with E-state index < -0.39 is 0 Å². The van der Waals surface area contributed by atoms with Crippen molar-refractivity contribution in [2.45, 2.75) is 0 Å². The van der Waals surface area contributed by atoms with Gasteiger partial charge in [-0.2, -0.15) is 4.99 Å². The van der Waals surface area contributed by atoms with Crippen LogP contribution in [0.2, 0.25) is 0 Å². The zero-order valence-corrected chi connectivity index (χ0v) is 14.2. The summed E-state index contributed by atoms with van der Waals surface area (Å²) in [4.78, 5) is 20.8. The van der Waals surface area contributed by atoms with Gasteiger partial charge in [-0.1, -0.05) is 34.1 Å². The Kier molecular flexibility index (Phi) is 4.47. The van der Waals surface area contributed by atoms with Crippen LogP contribution in [0.1, 0.15) is 5.56 Å². The molecule has 0 radical (unpaired) electrons. The van der Waals surface area contributed by atoms with Crippen molar-refractivity contribution in [3.8, 4) is 0 Å². The SMILES string of the molecule is C[NH+]1CCN(C2=NC(=O)/C(=C/c3ccccc3Br)S2)CC1. The van der Waals surface area contributed by atoms with Crippen LogP contribution in [0.4, 0.5) is 0 Å². The zero-order valence-electron chi connectivity index (χ0n) is 11.8. The van der Waals surface area contributed by atoms with Gasteiger partial charge in [0.1, 0.15) is 0 Å². The second-order valence-corrected chi connectivity index (χ2v) is 7.14. The summed E-state index contributed by atoms with van der Waals surface area (Å²) in [5, 5.41) is 0.853. The van der Waals surface area contributed by atoms with Gasteiger partial charge in [0.05, 0.1) is 38.1 Å². The Hall–Kier alpha value is -1.11. The summed E-state index contributed by atoms with van der Waals surface area (Å²) in [6, 6.07) is 7.89. The Balaban J connectivity index is 1.74. The molecule has 2 aliphatic rings. The van der Waals surface area contributed by atoms with Crippen molar-refractivity contribution < 1.29 is 9.69 Å². The van der Waals surface area contributed by atoms with Gasteiger partial charge in [-0.05, 0) is 29.5 Å². The molecule has 1 aromatic carbocycles. The van der Waals surface area contributed by atoms with Crippen molar-refractivity contribution in [2.24, 2.45) is 4.99 Å². The Morgan fingerprint density at radius 1 is 1.33 bits per heavy atom. The van der Waals surface area contributed by atoms with Gasteiger partial charge < -0.3 is 9.80 Å². The highest BCUT2D eigenvalue weighted by molar-refractivity contribution is 9.10. The van der Waals surface area contributed by atoms with Crippen molar-refractivity contribution in [2.75, 3.05) is 33.2 Å². The summed E-state index contributed by atoms with van der Waals surface area (Å²) in [7, 11) is 2.20. The number of carbonyl (C=O) groups excluding carboxylic acids is 1. The number of nitrogens with zero attached hydrogens (tertiary/aromatic N) is 2. The topological polar surface area (TPSA) is 37.1 Å². The van der Waals surface area contributed by atoms with E-state index in [0.717, 1.165) is 41.4 Å². The molecule has 1 aromatic rings. The molecule has 2 aliphatic heterocycles. The summed E-state index contributed by atoms with van der Waals surface area (Å²) in [6.07, 6.45) is 1.91. The van der Waals surface area contributed by atoms with E-state index in [-0.39, 0.29) is 5.91 Å². The molecule has 0 unspecified atom stereocenters. The molecule has 4 nitrogen and oxygen atoms in total. The highest BCUT2D eigenvalue weighted by Crippen LogP contribution is 2.31. The lowest BCUT2D eigenvalue weighted by Gasteiger charge is -2.30. The van der Waals surface area contributed by atoms with Gasteiger partial charge in [0.25, 0.3) is 5.91 Å². The molecule has 0 spiro atoms. The lowest BCUT2D eigenvalue weighted by Crippen LogP contribution is -3.12. The molecule has 1 amide bonds. The molecule has 6 heteroatoms. The van der Waals surface area contributed by atoms with Crippen LogP contribution < -0.4 is 4.90 Å². The number of benzene rings is 1. The fourth-order valence-electron chi connectivity index (χ4n) is 2.35. The molecule has 0 atom stereocenters. The molecular formula is C15H17BrN3OS+. The molecule has 1 N–H and O–H groups in total. The number of halogens is 1. The van der Waals surface area contributed by atoms with E-state index in [1.807, 2.05) is 30.3 Å². The first-order valence-electron chi connectivity index (χ1n) is 6.97. The molecule has 0 aliphatic carbocycles. The smallest absolute Gasteiger partial charge is 0.286 e. The van der Waals surface area contributed by atoms with Crippen LogP contribution in [-0.4, -0.2) is 49.2 Å². The molecular weight excluding hydrogens is 350 g/mol. The lowest BCUT2D eigenvalue weighted by molar-refractivity contribution is -0.883. The monoisotopic (exact) mass is 366 g/mol. The maximum absolute atomic E-state index is 12.1. The van der Waals surface area contributed by atoms with Gasteiger partial charge in [-0.25, -0.2) is 0 Å². The number of nitrogens with one attached hydrogen (secondary N) is 1. The number of quaternary nitrogens is 1. The van der Waals surface area contributed by atoms with Gasteiger partial charge in [-0.15, -0.1) is 0 Å². The number of hydrogen-bond donors (Lipinski definition) is 1. The molecule has 0 saturated carbocycles. The first-order chi connectivity index (χ1) is 10.1. The molecule has 2 heterocycles. The second kappa shape index (κ2) is 6.34. The molecule has 110 valence electrons. The molecule has 1 fully saturated rings. The summed E-state index contributed by atoms with van der Waals surface area (Å²) in [5.41, 5.74) is 1.01. The van der Waals surface area contributed by atoms with E-state index in [4.69, 9.17) is 0 Å². The average molecular weight is 367 g/mol. The van der Waals surface area contributed by atoms with Gasteiger partial charge in [0, 0.05) is 4.47 Å². The number of hydrogen-bond acceptors (Lipinski definition) is 3. The summed E-state index contributed by atoms with van der Waals surface area (Å²) < 4.78 is 0.988. The third-order valence-electron chi connectivity index (χ3n) is 3.69. The maximum Gasteiger partial charge on any atom is 0.286 e. The molecule has 21 heavy (non-hydrogen) atoms. The Labute approximate surface area is 137 Å². The Morgan fingerprint density at radius 3 is 2.76 bits per heavy atom. The van der Waals surface area contributed by atoms with Crippen LogP contribution in [0.3, 0.4) is 0 Å². The fraction of sp³-hybridized carbons (Fsp3) is 0.333. The number of rotatable bonds is 1. The van der Waals surface area contributed by atoms with Crippen LogP contribution in [0.5, 0.6) is 0 Å². The van der Waals surface area contributed by atoms with Crippen molar-refractivity contribution in [1.82, 2.24) is 4.90 Å².